The monoisotopic (exact) mass is 201 g/mol. The predicted molar refractivity (Wildman–Crippen MR) is 62.6 cm³/mol. The quantitative estimate of drug-likeness (QED) is 0.579. The number of rotatable bonds is 9. The SMILES string of the molecule is CCCNCC(CCOC)CC(C)C. The lowest BCUT2D eigenvalue weighted by Crippen LogP contribution is -2.25. The largest absolute Gasteiger partial charge is 0.385 e. The second-order valence-electron chi connectivity index (χ2n) is 4.48. The maximum Gasteiger partial charge on any atom is 0.0465 e. The van der Waals surface area contributed by atoms with E-state index in [1.165, 1.54) is 19.3 Å². The summed E-state index contributed by atoms with van der Waals surface area (Å²) in [5, 5.41) is 3.49. The maximum atomic E-state index is 5.13. The van der Waals surface area contributed by atoms with E-state index in [9.17, 15) is 0 Å². The first-order valence-corrected chi connectivity index (χ1v) is 5.90. The third-order valence-electron chi connectivity index (χ3n) is 2.39. The zero-order chi connectivity index (χ0) is 10.8. The lowest BCUT2D eigenvalue weighted by molar-refractivity contribution is 0.170. The van der Waals surface area contributed by atoms with Crippen LogP contribution in [0.4, 0.5) is 0 Å². The molecule has 0 radical (unpaired) electrons. The molecule has 1 atom stereocenters. The summed E-state index contributed by atoms with van der Waals surface area (Å²) >= 11 is 0. The van der Waals surface area contributed by atoms with Gasteiger partial charge in [-0.05, 0) is 44.2 Å². The Kier molecular flexibility index (Phi) is 9.42. The average Bonchev–Trinajstić information content (AvgIpc) is 2.13. The summed E-state index contributed by atoms with van der Waals surface area (Å²) in [5.41, 5.74) is 0. The van der Waals surface area contributed by atoms with Gasteiger partial charge in [-0.1, -0.05) is 20.8 Å². The highest BCUT2D eigenvalue weighted by Gasteiger charge is 2.09. The molecule has 1 N–H and O–H groups in total. The van der Waals surface area contributed by atoms with Crippen LogP contribution in [-0.2, 0) is 4.74 Å². The van der Waals surface area contributed by atoms with Crippen LogP contribution < -0.4 is 5.32 Å². The normalized spacial score (nSPS) is 13.5. The lowest BCUT2D eigenvalue weighted by atomic mass is 9.94. The molecule has 0 saturated heterocycles. The number of methoxy groups -OCH3 is 1. The van der Waals surface area contributed by atoms with Gasteiger partial charge in [0.25, 0.3) is 0 Å². The van der Waals surface area contributed by atoms with E-state index in [0.717, 1.165) is 31.5 Å². The van der Waals surface area contributed by atoms with Crippen molar-refractivity contribution in [2.24, 2.45) is 11.8 Å². The molecule has 0 fully saturated rings. The van der Waals surface area contributed by atoms with Crippen LogP contribution in [0.1, 0.15) is 40.0 Å². The molecule has 0 bridgehead atoms. The van der Waals surface area contributed by atoms with Gasteiger partial charge in [0.1, 0.15) is 0 Å². The molecule has 0 heterocycles. The molecule has 2 heteroatoms. The highest BCUT2D eigenvalue weighted by molar-refractivity contribution is 4.64. The topological polar surface area (TPSA) is 21.3 Å². The Balaban J connectivity index is 3.61. The molecule has 0 aromatic rings. The highest BCUT2D eigenvalue weighted by Crippen LogP contribution is 2.14. The van der Waals surface area contributed by atoms with Gasteiger partial charge in [-0.25, -0.2) is 0 Å². The molecule has 0 aromatic heterocycles. The van der Waals surface area contributed by atoms with Crippen LogP contribution in [0, 0.1) is 11.8 Å². The average molecular weight is 201 g/mol. The zero-order valence-electron chi connectivity index (χ0n) is 10.3. The molecule has 0 aromatic carbocycles. The van der Waals surface area contributed by atoms with E-state index in [0.29, 0.717) is 0 Å². The molecular formula is C12H27NO. The van der Waals surface area contributed by atoms with Crippen molar-refractivity contribution < 1.29 is 4.74 Å². The molecule has 14 heavy (non-hydrogen) atoms. The van der Waals surface area contributed by atoms with Gasteiger partial charge in [0.15, 0.2) is 0 Å². The maximum absolute atomic E-state index is 5.13. The van der Waals surface area contributed by atoms with Crippen molar-refractivity contribution in [3.05, 3.63) is 0 Å². The van der Waals surface area contributed by atoms with Gasteiger partial charge in [-0.3, -0.25) is 0 Å². The van der Waals surface area contributed by atoms with Crippen LogP contribution in [-0.4, -0.2) is 26.8 Å². The Hall–Kier alpha value is -0.0800. The molecule has 86 valence electrons. The van der Waals surface area contributed by atoms with E-state index in [2.05, 4.69) is 26.1 Å². The summed E-state index contributed by atoms with van der Waals surface area (Å²) in [7, 11) is 1.78. The molecular weight excluding hydrogens is 174 g/mol. The fraction of sp³-hybridized carbons (Fsp3) is 1.00. The number of nitrogens with one attached hydrogen (secondary N) is 1. The van der Waals surface area contributed by atoms with Gasteiger partial charge in [-0.15, -0.1) is 0 Å². The first-order chi connectivity index (χ1) is 6.70. The Morgan fingerprint density at radius 1 is 1.29 bits per heavy atom. The first kappa shape index (κ1) is 13.9. The van der Waals surface area contributed by atoms with Crippen LogP contribution in [0.3, 0.4) is 0 Å². The Morgan fingerprint density at radius 3 is 2.50 bits per heavy atom. The van der Waals surface area contributed by atoms with Gasteiger partial charge in [0.2, 0.25) is 0 Å². The van der Waals surface area contributed by atoms with Gasteiger partial charge in [-0.2, -0.15) is 0 Å². The van der Waals surface area contributed by atoms with Crippen LogP contribution in [0.5, 0.6) is 0 Å². The highest BCUT2D eigenvalue weighted by atomic mass is 16.5. The standard InChI is InChI=1S/C12H27NO/c1-5-7-13-10-12(6-8-14-4)9-11(2)3/h11-13H,5-10H2,1-4H3. The third kappa shape index (κ3) is 8.52. The summed E-state index contributed by atoms with van der Waals surface area (Å²) in [6.07, 6.45) is 3.71. The Bertz CT molecular complexity index is 115. The van der Waals surface area contributed by atoms with Crippen LogP contribution in [0.2, 0.25) is 0 Å². The smallest absolute Gasteiger partial charge is 0.0465 e. The number of ether oxygens (including phenoxy) is 1. The molecule has 0 spiro atoms. The molecule has 0 saturated carbocycles. The summed E-state index contributed by atoms with van der Waals surface area (Å²) in [6, 6.07) is 0. The Labute approximate surface area is 89.4 Å². The molecule has 0 aliphatic heterocycles. The van der Waals surface area contributed by atoms with Gasteiger partial charge in [0, 0.05) is 13.7 Å². The second-order valence-corrected chi connectivity index (χ2v) is 4.48. The second kappa shape index (κ2) is 9.47. The molecule has 0 rings (SSSR count). The van der Waals surface area contributed by atoms with E-state index in [-0.39, 0.29) is 0 Å². The van der Waals surface area contributed by atoms with Crippen molar-refractivity contribution in [2.45, 2.75) is 40.0 Å². The first-order valence-electron chi connectivity index (χ1n) is 5.90. The van der Waals surface area contributed by atoms with Crippen molar-refractivity contribution in [3.8, 4) is 0 Å². The molecule has 0 amide bonds. The van der Waals surface area contributed by atoms with Crippen molar-refractivity contribution in [3.63, 3.8) is 0 Å². The minimum absolute atomic E-state index is 0.779. The summed E-state index contributed by atoms with van der Waals surface area (Å²) in [5.74, 6) is 1.57. The van der Waals surface area contributed by atoms with Crippen molar-refractivity contribution in [2.75, 3.05) is 26.8 Å². The van der Waals surface area contributed by atoms with Crippen LogP contribution in [0.25, 0.3) is 0 Å². The van der Waals surface area contributed by atoms with E-state index >= 15 is 0 Å². The van der Waals surface area contributed by atoms with Gasteiger partial charge < -0.3 is 10.1 Å². The molecule has 1 unspecified atom stereocenters. The van der Waals surface area contributed by atoms with E-state index in [1.54, 1.807) is 7.11 Å². The fourth-order valence-corrected chi connectivity index (χ4v) is 1.74. The summed E-state index contributed by atoms with van der Waals surface area (Å²) in [4.78, 5) is 0. The number of hydrogen-bond acceptors (Lipinski definition) is 2. The number of hydrogen-bond donors (Lipinski definition) is 1. The molecule has 0 aliphatic rings. The van der Waals surface area contributed by atoms with Crippen LogP contribution in [0.15, 0.2) is 0 Å². The minimum atomic E-state index is 0.779. The Morgan fingerprint density at radius 2 is 2.00 bits per heavy atom. The zero-order valence-corrected chi connectivity index (χ0v) is 10.3. The van der Waals surface area contributed by atoms with E-state index in [4.69, 9.17) is 4.74 Å². The van der Waals surface area contributed by atoms with Gasteiger partial charge in [0.05, 0.1) is 0 Å². The molecule has 2 nitrogen and oxygen atoms in total. The van der Waals surface area contributed by atoms with Gasteiger partial charge >= 0.3 is 0 Å². The summed E-state index contributed by atoms with van der Waals surface area (Å²) < 4.78 is 5.13. The van der Waals surface area contributed by atoms with Crippen molar-refractivity contribution in [1.82, 2.24) is 5.32 Å². The van der Waals surface area contributed by atoms with Crippen molar-refractivity contribution >= 4 is 0 Å². The minimum Gasteiger partial charge on any atom is -0.385 e. The fourth-order valence-electron chi connectivity index (χ4n) is 1.74. The van der Waals surface area contributed by atoms with Crippen molar-refractivity contribution in [1.29, 1.82) is 0 Å². The van der Waals surface area contributed by atoms with Crippen LogP contribution >= 0.6 is 0 Å². The third-order valence-corrected chi connectivity index (χ3v) is 2.39. The van der Waals surface area contributed by atoms with E-state index < -0.39 is 0 Å². The molecule has 0 aliphatic carbocycles. The predicted octanol–water partition coefficient (Wildman–Crippen LogP) is 2.68. The van der Waals surface area contributed by atoms with E-state index in [1.807, 2.05) is 0 Å². The lowest BCUT2D eigenvalue weighted by Gasteiger charge is -2.19. The summed E-state index contributed by atoms with van der Waals surface area (Å²) in [6.45, 7) is 9.97.